The van der Waals surface area contributed by atoms with Crippen molar-refractivity contribution in [2.45, 2.75) is 20.4 Å². The Hall–Kier alpha value is -2.78. The van der Waals surface area contributed by atoms with E-state index < -0.39 is 11.9 Å². The number of amides is 1. The number of rotatable bonds is 5. The second-order valence-electron chi connectivity index (χ2n) is 3.76. The number of hydrogen-bond acceptors (Lipinski definition) is 8. The SMILES string of the molecule is CCOC(=O)c1nnnn1CC(=O)Nc1cc(C)no1. The normalized spacial score (nSPS) is 10.3. The van der Waals surface area contributed by atoms with Gasteiger partial charge in [-0.25, -0.2) is 9.48 Å². The molecule has 0 spiro atoms. The predicted octanol–water partition coefficient (Wildman–Crippen LogP) is -0.215. The average Bonchev–Trinajstić information content (AvgIpc) is 2.99. The Kier molecular flexibility index (Phi) is 4.03. The van der Waals surface area contributed by atoms with Crippen LogP contribution in [0.15, 0.2) is 10.6 Å². The molecule has 10 heteroatoms. The summed E-state index contributed by atoms with van der Waals surface area (Å²) < 4.78 is 10.6. The molecule has 2 heterocycles. The van der Waals surface area contributed by atoms with Crippen LogP contribution in [0.25, 0.3) is 0 Å². The minimum absolute atomic E-state index is 0.143. The molecule has 0 bridgehead atoms. The zero-order valence-electron chi connectivity index (χ0n) is 10.9. The van der Waals surface area contributed by atoms with Crippen molar-refractivity contribution >= 4 is 17.8 Å². The molecule has 0 radical (unpaired) electrons. The van der Waals surface area contributed by atoms with E-state index in [0.29, 0.717) is 5.69 Å². The second-order valence-corrected chi connectivity index (χ2v) is 3.76. The summed E-state index contributed by atoms with van der Waals surface area (Å²) in [6.07, 6.45) is 0. The highest BCUT2D eigenvalue weighted by atomic mass is 16.5. The zero-order chi connectivity index (χ0) is 14.5. The van der Waals surface area contributed by atoms with E-state index in [0.717, 1.165) is 4.68 Å². The van der Waals surface area contributed by atoms with Crippen LogP contribution in [-0.4, -0.2) is 43.8 Å². The number of hydrogen-bond donors (Lipinski definition) is 1. The number of nitrogens with zero attached hydrogens (tertiary/aromatic N) is 5. The van der Waals surface area contributed by atoms with Crippen molar-refractivity contribution in [3.8, 4) is 0 Å². The van der Waals surface area contributed by atoms with Crippen LogP contribution in [0.5, 0.6) is 0 Å². The molecule has 0 saturated carbocycles. The monoisotopic (exact) mass is 280 g/mol. The lowest BCUT2D eigenvalue weighted by molar-refractivity contribution is -0.117. The number of nitrogens with one attached hydrogen (secondary N) is 1. The molecule has 106 valence electrons. The van der Waals surface area contributed by atoms with E-state index in [9.17, 15) is 9.59 Å². The van der Waals surface area contributed by atoms with Crippen LogP contribution >= 0.6 is 0 Å². The third-order valence-corrected chi connectivity index (χ3v) is 2.17. The Morgan fingerprint density at radius 3 is 2.95 bits per heavy atom. The number of anilines is 1. The summed E-state index contributed by atoms with van der Waals surface area (Å²) in [5.41, 5.74) is 0.634. The number of aryl methyl sites for hydroxylation is 1. The van der Waals surface area contributed by atoms with Gasteiger partial charge in [0.05, 0.1) is 12.3 Å². The lowest BCUT2D eigenvalue weighted by Crippen LogP contribution is -2.23. The van der Waals surface area contributed by atoms with Gasteiger partial charge in [0.25, 0.3) is 5.82 Å². The van der Waals surface area contributed by atoms with E-state index in [2.05, 4.69) is 26.0 Å². The third-order valence-electron chi connectivity index (χ3n) is 2.17. The summed E-state index contributed by atoms with van der Waals surface area (Å²) in [5.74, 6) is -1.09. The lowest BCUT2D eigenvalue weighted by Gasteiger charge is -2.03. The maximum atomic E-state index is 11.8. The summed E-state index contributed by atoms with van der Waals surface area (Å²) in [6.45, 7) is 3.32. The fourth-order valence-corrected chi connectivity index (χ4v) is 1.39. The topological polar surface area (TPSA) is 125 Å². The molecule has 0 fully saturated rings. The summed E-state index contributed by atoms with van der Waals surface area (Å²) in [4.78, 5) is 23.3. The predicted molar refractivity (Wildman–Crippen MR) is 63.6 cm³/mol. The molecule has 0 aliphatic heterocycles. The zero-order valence-corrected chi connectivity index (χ0v) is 10.9. The summed E-state index contributed by atoms with van der Waals surface area (Å²) in [7, 11) is 0. The van der Waals surface area contributed by atoms with Gasteiger partial charge in [-0.05, 0) is 24.3 Å². The van der Waals surface area contributed by atoms with E-state index >= 15 is 0 Å². The lowest BCUT2D eigenvalue weighted by atomic mass is 10.4. The molecule has 1 amide bonds. The maximum Gasteiger partial charge on any atom is 0.378 e. The maximum absolute atomic E-state index is 11.8. The summed E-state index contributed by atoms with van der Waals surface area (Å²) >= 11 is 0. The van der Waals surface area contributed by atoms with Crippen LogP contribution in [-0.2, 0) is 16.1 Å². The fraction of sp³-hybridized carbons (Fsp3) is 0.400. The van der Waals surface area contributed by atoms with Gasteiger partial charge >= 0.3 is 5.97 Å². The smallest absolute Gasteiger partial charge is 0.378 e. The Morgan fingerprint density at radius 2 is 2.30 bits per heavy atom. The highest BCUT2D eigenvalue weighted by Crippen LogP contribution is 2.08. The molecule has 0 aromatic carbocycles. The molecular formula is C10H12N6O4. The molecule has 2 rings (SSSR count). The van der Waals surface area contributed by atoms with E-state index in [4.69, 9.17) is 9.26 Å². The average molecular weight is 280 g/mol. The number of tetrazole rings is 1. The minimum Gasteiger partial charge on any atom is -0.460 e. The van der Waals surface area contributed by atoms with Gasteiger partial charge in [-0.15, -0.1) is 5.10 Å². The van der Waals surface area contributed by atoms with Crippen molar-refractivity contribution in [2.24, 2.45) is 0 Å². The van der Waals surface area contributed by atoms with Gasteiger partial charge in [0.1, 0.15) is 6.54 Å². The number of ether oxygens (including phenoxy) is 1. The van der Waals surface area contributed by atoms with Crippen molar-refractivity contribution in [2.75, 3.05) is 11.9 Å². The van der Waals surface area contributed by atoms with E-state index in [-0.39, 0.29) is 24.9 Å². The number of carbonyl (C=O) groups is 2. The first-order valence-electron chi connectivity index (χ1n) is 5.76. The van der Waals surface area contributed by atoms with Crippen molar-refractivity contribution in [1.82, 2.24) is 25.4 Å². The Labute approximate surface area is 113 Å². The first-order valence-corrected chi connectivity index (χ1v) is 5.76. The molecule has 20 heavy (non-hydrogen) atoms. The van der Waals surface area contributed by atoms with Crippen LogP contribution in [0.2, 0.25) is 0 Å². The van der Waals surface area contributed by atoms with Gasteiger partial charge in [0, 0.05) is 6.07 Å². The Balaban J connectivity index is 2.01. The molecule has 10 nitrogen and oxygen atoms in total. The van der Waals surface area contributed by atoms with Crippen LogP contribution in [0, 0.1) is 6.92 Å². The highest BCUT2D eigenvalue weighted by Gasteiger charge is 2.19. The van der Waals surface area contributed by atoms with Crippen LogP contribution in [0.3, 0.4) is 0 Å². The standard InChI is InChI=1S/C10H12N6O4/c1-3-19-10(18)9-12-14-15-16(9)5-7(17)11-8-4-6(2)13-20-8/h4H,3,5H2,1-2H3,(H,11,17). The number of esters is 1. The van der Waals surface area contributed by atoms with Crippen molar-refractivity contribution in [1.29, 1.82) is 0 Å². The molecule has 0 aliphatic rings. The minimum atomic E-state index is -0.694. The Bertz CT molecular complexity index is 619. The van der Waals surface area contributed by atoms with Gasteiger partial charge in [0.15, 0.2) is 0 Å². The van der Waals surface area contributed by atoms with Crippen molar-refractivity contribution in [3.63, 3.8) is 0 Å². The molecule has 2 aromatic heterocycles. The van der Waals surface area contributed by atoms with Crippen molar-refractivity contribution < 1.29 is 18.8 Å². The van der Waals surface area contributed by atoms with Gasteiger partial charge in [-0.2, -0.15) is 0 Å². The van der Waals surface area contributed by atoms with E-state index in [1.807, 2.05) is 0 Å². The van der Waals surface area contributed by atoms with E-state index in [1.54, 1.807) is 19.9 Å². The van der Waals surface area contributed by atoms with E-state index in [1.165, 1.54) is 0 Å². The largest absolute Gasteiger partial charge is 0.460 e. The van der Waals surface area contributed by atoms with Crippen LogP contribution < -0.4 is 5.32 Å². The first-order chi connectivity index (χ1) is 9.60. The molecule has 0 aliphatic carbocycles. The van der Waals surface area contributed by atoms with Crippen LogP contribution in [0.1, 0.15) is 23.2 Å². The molecule has 0 atom stereocenters. The van der Waals surface area contributed by atoms with Gasteiger partial charge in [-0.3, -0.25) is 10.1 Å². The molecule has 2 aromatic rings. The summed E-state index contributed by atoms with van der Waals surface area (Å²) in [5, 5.41) is 16.5. The molecule has 0 unspecified atom stereocenters. The fourth-order valence-electron chi connectivity index (χ4n) is 1.39. The quantitative estimate of drug-likeness (QED) is 0.745. The number of carbonyl (C=O) groups excluding carboxylic acids is 2. The molecule has 0 saturated heterocycles. The Morgan fingerprint density at radius 1 is 1.50 bits per heavy atom. The summed E-state index contributed by atoms with van der Waals surface area (Å²) in [6, 6.07) is 1.56. The second kappa shape index (κ2) is 5.91. The van der Waals surface area contributed by atoms with Gasteiger partial charge in [0.2, 0.25) is 11.8 Å². The third kappa shape index (κ3) is 3.16. The number of aromatic nitrogens is 5. The van der Waals surface area contributed by atoms with Crippen LogP contribution in [0.4, 0.5) is 5.88 Å². The first kappa shape index (κ1) is 13.6. The molecule has 1 N–H and O–H groups in total. The highest BCUT2D eigenvalue weighted by molar-refractivity contribution is 5.90. The molecular weight excluding hydrogens is 268 g/mol. The van der Waals surface area contributed by atoms with Gasteiger partial charge in [-0.1, -0.05) is 5.16 Å². The van der Waals surface area contributed by atoms with Gasteiger partial charge < -0.3 is 9.26 Å². The van der Waals surface area contributed by atoms with Crippen molar-refractivity contribution in [3.05, 3.63) is 17.6 Å².